The van der Waals surface area contributed by atoms with Crippen molar-refractivity contribution in [3.63, 3.8) is 0 Å². The first kappa shape index (κ1) is 23.0. The van der Waals surface area contributed by atoms with Gasteiger partial charge in [0.25, 0.3) is 0 Å². The van der Waals surface area contributed by atoms with Crippen molar-refractivity contribution in [3.05, 3.63) is 65.5 Å². The Balaban J connectivity index is 1.17. The highest BCUT2D eigenvalue weighted by Crippen LogP contribution is 2.27. The maximum atomic E-state index is 13.6. The van der Waals surface area contributed by atoms with Crippen LogP contribution in [-0.2, 0) is 16.1 Å². The molecule has 1 unspecified atom stereocenters. The van der Waals surface area contributed by atoms with E-state index in [-0.39, 0.29) is 24.2 Å². The van der Waals surface area contributed by atoms with Gasteiger partial charge in [0.15, 0.2) is 17.5 Å². The van der Waals surface area contributed by atoms with Crippen molar-refractivity contribution < 1.29 is 18.4 Å². The van der Waals surface area contributed by atoms with Crippen LogP contribution in [0.25, 0.3) is 5.69 Å². The van der Waals surface area contributed by atoms with E-state index in [9.17, 15) is 18.4 Å². The van der Waals surface area contributed by atoms with Gasteiger partial charge in [0.1, 0.15) is 0 Å². The second-order valence-electron chi connectivity index (χ2n) is 8.95. The normalized spacial score (nSPS) is 18.9. The number of carbonyl (C=O) groups is 2. The zero-order valence-electron chi connectivity index (χ0n) is 19.3. The number of aryl methyl sites for hydroxylation is 1. The molecule has 3 aromatic rings. The number of halogens is 2. The second-order valence-corrected chi connectivity index (χ2v) is 8.95. The molecule has 0 saturated carbocycles. The molecule has 1 aromatic heterocycles. The quantitative estimate of drug-likeness (QED) is 0.554. The van der Waals surface area contributed by atoms with Crippen LogP contribution < -0.4 is 4.90 Å². The molecule has 0 N–H and O–H groups in total. The highest BCUT2D eigenvalue weighted by atomic mass is 19.2. The van der Waals surface area contributed by atoms with Gasteiger partial charge in [-0.2, -0.15) is 4.68 Å². The number of carbonyl (C=O) groups excluding carboxylic acids is 2. The van der Waals surface area contributed by atoms with Crippen LogP contribution in [0, 0.1) is 24.5 Å². The van der Waals surface area contributed by atoms with Crippen LogP contribution in [-0.4, -0.2) is 74.5 Å². The minimum atomic E-state index is -0.970. The fourth-order valence-corrected chi connectivity index (χ4v) is 4.55. The first-order chi connectivity index (χ1) is 16.9. The molecule has 0 bridgehead atoms. The summed E-state index contributed by atoms with van der Waals surface area (Å²) in [6.07, 6.45) is 0.218. The van der Waals surface area contributed by atoms with Crippen LogP contribution >= 0.6 is 0 Å². The molecule has 35 heavy (non-hydrogen) atoms. The van der Waals surface area contributed by atoms with Crippen molar-refractivity contribution in [1.29, 1.82) is 0 Å². The van der Waals surface area contributed by atoms with Crippen molar-refractivity contribution in [2.24, 2.45) is 5.92 Å². The molecular formula is C24H25F2N7O2. The average Bonchev–Trinajstić information content (AvgIpc) is 3.48. The molecule has 2 fully saturated rings. The first-order valence-electron chi connectivity index (χ1n) is 11.5. The highest BCUT2D eigenvalue weighted by Gasteiger charge is 2.38. The lowest BCUT2D eigenvalue weighted by molar-refractivity contribution is -0.137. The van der Waals surface area contributed by atoms with Crippen molar-refractivity contribution in [2.75, 3.05) is 37.6 Å². The van der Waals surface area contributed by atoms with Gasteiger partial charge in [0.2, 0.25) is 11.8 Å². The Bertz CT molecular complexity index is 1240. The number of rotatable bonds is 5. The van der Waals surface area contributed by atoms with E-state index >= 15 is 0 Å². The van der Waals surface area contributed by atoms with Crippen molar-refractivity contribution >= 4 is 17.5 Å². The fraction of sp³-hybridized carbons (Fsp3) is 0.375. The summed E-state index contributed by atoms with van der Waals surface area (Å²) in [6.45, 7) is 5.06. The Labute approximate surface area is 200 Å². The van der Waals surface area contributed by atoms with E-state index in [1.807, 2.05) is 36.1 Å². The van der Waals surface area contributed by atoms with E-state index in [0.29, 0.717) is 50.8 Å². The number of tetrazole rings is 1. The van der Waals surface area contributed by atoms with Crippen molar-refractivity contribution in [1.82, 2.24) is 30.0 Å². The molecule has 182 valence electrons. The second kappa shape index (κ2) is 9.49. The van der Waals surface area contributed by atoms with Gasteiger partial charge in [0, 0.05) is 50.9 Å². The van der Waals surface area contributed by atoms with E-state index in [1.165, 1.54) is 10.7 Å². The number of piperazine rings is 1. The SMILES string of the molecule is Cc1ccc(N2CC(C(=O)N3CCN(Cc4nnnn4-c4ccc(F)c(F)c4)CC3)CC2=O)cc1. The molecule has 5 rings (SSSR count). The van der Waals surface area contributed by atoms with Crippen LogP contribution in [0.5, 0.6) is 0 Å². The molecule has 1 atom stereocenters. The minimum Gasteiger partial charge on any atom is -0.340 e. The van der Waals surface area contributed by atoms with Crippen LogP contribution in [0.15, 0.2) is 42.5 Å². The highest BCUT2D eigenvalue weighted by molar-refractivity contribution is 6.00. The van der Waals surface area contributed by atoms with Gasteiger partial charge in [-0.25, -0.2) is 8.78 Å². The molecule has 0 radical (unpaired) electrons. The third-order valence-corrected chi connectivity index (χ3v) is 6.55. The predicted octanol–water partition coefficient (Wildman–Crippen LogP) is 1.95. The zero-order chi connectivity index (χ0) is 24.5. The van der Waals surface area contributed by atoms with Gasteiger partial charge in [-0.1, -0.05) is 17.7 Å². The van der Waals surface area contributed by atoms with Gasteiger partial charge in [-0.15, -0.1) is 5.10 Å². The molecule has 0 spiro atoms. The number of nitrogens with zero attached hydrogens (tertiary/aromatic N) is 7. The summed E-state index contributed by atoms with van der Waals surface area (Å²) < 4.78 is 28.3. The van der Waals surface area contributed by atoms with E-state index in [2.05, 4.69) is 20.4 Å². The number of hydrogen-bond donors (Lipinski definition) is 0. The zero-order valence-corrected chi connectivity index (χ0v) is 19.3. The Hall–Kier alpha value is -3.73. The fourth-order valence-electron chi connectivity index (χ4n) is 4.55. The Morgan fingerprint density at radius 3 is 2.43 bits per heavy atom. The maximum absolute atomic E-state index is 13.6. The summed E-state index contributed by atoms with van der Waals surface area (Å²) in [5.74, 6) is -1.80. The standard InChI is InChI=1S/C24H25F2N7O2/c1-16-2-4-18(5-3-16)32-14-17(12-23(32)34)24(35)31-10-8-30(9-11-31)15-22-27-28-29-33(22)19-6-7-20(25)21(26)13-19/h2-7,13,17H,8-12,14-15H2,1H3. The summed E-state index contributed by atoms with van der Waals surface area (Å²) >= 11 is 0. The van der Waals surface area contributed by atoms with Crippen LogP contribution in [0.3, 0.4) is 0 Å². The molecule has 2 saturated heterocycles. The Morgan fingerprint density at radius 1 is 1.00 bits per heavy atom. The molecule has 0 aliphatic carbocycles. The third-order valence-electron chi connectivity index (χ3n) is 6.55. The molecule has 2 aliphatic heterocycles. The summed E-state index contributed by atoms with van der Waals surface area (Å²) in [7, 11) is 0. The summed E-state index contributed by atoms with van der Waals surface area (Å²) in [5.41, 5.74) is 2.27. The topological polar surface area (TPSA) is 87.5 Å². The lowest BCUT2D eigenvalue weighted by Gasteiger charge is -2.35. The van der Waals surface area contributed by atoms with E-state index in [4.69, 9.17) is 0 Å². The summed E-state index contributed by atoms with van der Waals surface area (Å²) in [5, 5.41) is 11.6. The molecule has 11 heteroatoms. The number of hydrogen-bond acceptors (Lipinski definition) is 6. The Morgan fingerprint density at radius 2 is 1.71 bits per heavy atom. The smallest absolute Gasteiger partial charge is 0.228 e. The van der Waals surface area contributed by atoms with E-state index < -0.39 is 11.6 Å². The molecule has 2 amide bonds. The number of aromatic nitrogens is 4. The van der Waals surface area contributed by atoms with Crippen molar-refractivity contribution in [2.45, 2.75) is 19.9 Å². The van der Waals surface area contributed by atoms with Gasteiger partial charge >= 0.3 is 0 Å². The summed E-state index contributed by atoms with van der Waals surface area (Å²) in [6, 6.07) is 11.2. The van der Waals surface area contributed by atoms with Gasteiger partial charge < -0.3 is 9.80 Å². The lowest BCUT2D eigenvalue weighted by Crippen LogP contribution is -2.50. The van der Waals surface area contributed by atoms with Crippen LogP contribution in [0.4, 0.5) is 14.5 Å². The van der Waals surface area contributed by atoms with Crippen LogP contribution in [0.1, 0.15) is 17.8 Å². The van der Waals surface area contributed by atoms with Crippen LogP contribution in [0.2, 0.25) is 0 Å². The molecule has 3 heterocycles. The maximum Gasteiger partial charge on any atom is 0.228 e. The minimum absolute atomic E-state index is 0.000711. The predicted molar refractivity (Wildman–Crippen MR) is 123 cm³/mol. The van der Waals surface area contributed by atoms with Gasteiger partial charge in [-0.3, -0.25) is 14.5 Å². The van der Waals surface area contributed by atoms with Gasteiger partial charge in [-0.05, 0) is 41.6 Å². The molecule has 2 aliphatic rings. The number of benzene rings is 2. The Kier molecular flexibility index (Phi) is 6.25. The molecule has 2 aromatic carbocycles. The monoisotopic (exact) mass is 481 g/mol. The number of anilines is 1. The van der Waals surface area contributed by atoms with Gasteiger partial charge in [0.05, 0.1) is 18.2 Å². The first-order valence-corrected chi connectivity index (χ1v) is 11.5. The molecular weight excluding hydrogens is 456 g/mol. The number of amides is 2. The third kappa shape index (κ3) is 4.76. The molecule has 9 nitrogen and oxygen atoms in total. The van der Waals surface area contributed by atoms with Crippen molar-refractivity contribution in [3.8, 4) is 5.69 Å². The average molecular weight is 482 g/mol. The largest absolute Gasteiger partial charge is 0.340 e. The summed E-state index contributed by atoms with van der Waals surface area (Å²) in [4.78, 5) is 31.3. The van der Waals surface area contributed by atoms with E-state index in [1.54, 1.807) is 4.90 Å². The lowest BCUT2D eigenvalue weighted by atomic mass is 10.1. The van der Waals surface area contributed by atoms with E-state index in [0.717, 1.165) is 23.4 Å².